The molecule has 1 aromatic carbocycles. The number of halogens is 1. The fourth-order valence-corrected chi connectivity index (χ4v) is 4.72. The normalized spacial score (nSPS) is 19.7. The Balaban J connectivity index is 1.88. The van der Waals surface area contributed by atoms with Crippen molar-refractivity contribution in [2.24, 2.45) is 0 Å². The number of amides is 1. The van der Waals surface area contributed by atoms with E-state index in [2.05, 4.69) is 0 Å². The predicted octanol–water partition coefficient (Wildman–Crippen LogP) is 3.56. The lowest BCUT2D eigenvalue weighted by molar-refractivity contribution is -0.645. The maximum Gasteiger partial charge on any atom is 0.251 e. The highest BCUT2D eigenvalue weighted by Crippen LogP contribution is 2.42. The van der Waals surface area contributed by atoms with Gasteiger partial charge in [-0.1, -0.05) is 29.8 Å². The van der Waals surface area contributed by atoms with E-state index in [1.807, 2.05) is 18.2 Å². The van der Waals surface area contributed by atoms with E-state index in [1.54, 1.807) is 31.3 Å². The first-order valence-electron chi connectivity index (χ1n) is 8.83. The third-order valence-electron chi connectivity index (χ3n) is 5.05. The Kier molecular flexibility index (Phi) is 6.07. The number of ketones is 1. The van der Waals surface area contributed by atoms with Gasteiger partial charge >= 0.3 is 0 Å². The van der Waals surface area contributed by atoms with Gasteiger partial charge in [0.2, 0.25) is 5.91 Å². The maximum atomic E-state index is 13.0. The van der Waals surface area contributed by atoms with Crippen molar-refractivity contribution in [3.63, 3.8) is 0 Å². The topological polar surface area (TPSA) is 64.3 Å². The average Bonchev–Trinajstić information content (AvgIpc) is 2.68. The summed E-state index contributed by atoms with van der Waals surface area (Å²) in [7, 11) is 1.66. The van der Waals surface area contributed by atoms with Crippen LogP contribution in [0, 0.1) is 5.21 Å². The molecule has 7 heteroatoms. The van der Waals surface area contributed by atoms with Gasteiger partial charge < -0.3 is 10.1 Å². The molecule has 2 aromatic rings. The summed E-state index contributed by atoms with van der Waals surface area (Å²) in [5.74, 6) is -0.122. The van der Waals surface area contributed by atoms with Gasteiger partial charge in [0.1, 0.15) is 5.54 Å². The molecule has 1 atom stereocenters. The molecule has 1 heterocycles. The number of Topliss-reactive ketones (excluding diaryl/α,β-unsaturated/α-hetero) is 1. The van der Waals surface area contributed by atoms with Gasteiger partial charge in [0.05, 0.1) is 5.75 Å². The molecule has 1 saturated carbocycles. The minimum atomic E-state index is -1.04. The lowest BCUT2D eigenvalue weighted by Gasteiger charge is -2.44. The van der Waals surface area contributed by atoms with Gasteiger partial charge in [0.25, 0.3) is 5.03 Å². The number of nitrogens with zero attached hydrogens (tertiary/aromatic N) is 2. The Morgan fingerprint density at radius 1 is 1.26 bits per heavy atom. The zero-order chi connectivity index (χ0) is 19.4. The number of hydrogen-bond donors (Lipinski definition) is 0. The van der Waals surface area contributed by atoms with Gasteiger partial charge in [-0.3, -0.25) is 9.59 Å². The molecule has 0 N–H and O–H groups in total. The van der Waals surface area contributed by atoms with Crippen LogP contribution < -0.4 is 4.73 Å². The molecule has 5 nitrogen and oxygen atoms in total. The van der Waals surface area contributed by atoms with Gasteiger partial charge in [-0.05, 0) is 43.2 Å². The van der Waals surface area contributed by atoms with Crippen molar-refractivity contribution in [2.45, 2.75) is 36.2 Å². The van der Waals surface area contributed by atoms with E-state index in [9.17, 15) is 14.8 Å². The standard InChI is InChI=1S/C20H21ClN2O3S/c1-22(18(25)14-27-19-11-5-7-13-23(19)26)20(12-6-4-10-17(20)24)15-8-2-3-9-16(15)21/h2-3,5,7-9,11,13H,4,6,10,12,14H2,1H3/t20-/m0/s1. The van der Waals surface area contributed by atoms with Crippen LogP contribution in [0.2, 0.25) is 5.02 Å². The summed E-state index contributed by atoms with van der Waals surface area (Å²) in [6.45, 7) is 0. The predicted molar refractivity (Wildman–Crippen MR) is 106 cm³/mol. The molecule has 0 unspecified atom stereocenters. The van der Waals surface area contributed by atoms with E-state index in [0.717, 1.165) is 29.3 Å². The van der Waals surface area contributed by atoms with E-state index in [4.69, 9.17) is 11.6 Å². The Bertz CT molecular complexity index is 861. The SMILES string of the molecule is CN(C(=O)CSc1cccc[n+]1[O-])[C@]1(c2ccccc2Cl)CCCCC1=O. The third-order valence-corrected chi connectivity index (χ3v) is 6.38. The molecule has 1 aliphatic rings. The zero-order valence-corrected chi connectivity index (χ0v) is 16.6. The second-order valence-electron chi connectivity index (χ2n) is 6.58. The van der Waals surface area contributed by atoms with Crippen LogP contribution in [-0.2, 0) is 15.1 Å². The van der Waals surface area contributed by atoms with Crippen LogP contribution in [0.1, 0.15) is 31.2 Å². The number of likely N-dealkylation sites (N-methyl/N-ethyl adjacent to an activating group) is 1. The molecule has 0 aliphatic heterocycles. The molecule has 142 valence electrons. The number of rotatable bonds is 5. The number of carbonyl (C=O) groups is 2. The Morgan fingerprint density at radius 3 is 2.70 bits per heavy atom. The van der Waals surface area contributed by atoms with Crippen LogP contribution >= 0.6 is 23.4 Å². The van der Waals surface area contributed by atoms with Crippen LogP contribution in [0.25, 0.3) is 0 Å². The first-order chi connectivity index (χ1) is 13.0. The first kappa shape index (κ1) is 19.7. The highest BCUT2D eigenvalue weighted by molar-refractivity contribution is 7.99. The van der Waals surface area contributed by atoms with E-state index in [-0.39, 0.29) is 17.4 Å². The number of carbonyl (C=O) groups excluding carboxylic acids is 2. The molecular weight excluding hydrogens is 384 g/mol. The summed E-state index contributed by atoms with van der Waals surface area (Å²) < 4.78 is 0.730. The van der Waals surface area contributed by atoms with Crippen molar-refractivity contribution < 1.29 is 14.3 Å². The summed E-state index contributed by atoms with van der Waals surface area (Å²) in [5.41, 5.74) is -0.367. The summed E-state index contributed by atoms with van der Waals surface area (Å²) in [6.07, 6.45) is 4.04. The molecule has 3 rings (SSSR count). The molecule has 0 bridgehead atoms. The van der Waals surface area contributed by atoms with Crippen LogP contribution in [0.15, 0.2) is 53.7 Å². The fraction of sp³-hybridized carbons (Fsp3) is 0.350. The molecule has 0 spiro atoms. The number of thioether (sulfide) groups is 1. The number of hydrogen-bond acceptors (Lipinski definition) is 4. The van der Waals surface area contributed by atoms with Crippen molar-refractivity contribution in [3.05, 3.63) is 64.5 Å². The second kappa shape index (κ2) is 8.31. The van der Waals surface area contributed by atoms with Crippen LogP contribution in [0.5, 0.6) is 0 Å². The Labute approximate surface area is 167 Å². The smallest absolute Gasteiger partial charge is 0.251 e. The monoisotopic (exact) mass is 404 g/mol. The van der Waals surface area contributed by atoms with Crippen molar-refractivity contribution in [2.75, 3.05) is 12.8 Å². The summed E-state index contributed by atoms with van der Waals surface area (Å²) >= 11 is 7.58. The van der Waals surface area contributed by atoms with Gasteiger partial charge in [-0.25, -0.2) is 0 Å². The molecular formula is C20H21ClN2O3S. The number of pyridine rings is 1. The van der Waals surface area contributed by atoms with E-state index in [0.29, 0.717) is 28.5 Å². The molecule has 1 amide bonds. The average molecular weight is 405 g/mol. The van der Waals surface area contributed by atoms with Gasteiger partial charge in [-0.15, -0.1) is 0 Å². The van der Waals surface area contributed by atoms with Crippen molar-refractivity contribution in [1.82, 2.24) is 4.90 Å². The van der Waals surface area contributed by atoms with Crippen LogP contribution in [0.3, 0.4) is 0 Å². The lowest BCUT2D eigenvalue weighted by atomic mass is 9.74. The molecule has 0 saturated heterocycles. The molecule has 1 aliphatic carbocycles. The third kappa shape index (κ3) is 3.82. The fourth-order valence-electron chi connectivity index (χ4n) is 3.60. The zero-order valence-electron chi connectivity index (χ0n) is 15.1. The van der Waals surface area contributed by atoms with Crippen molar-refractivity contribution in [1.29, 1.82) is 0 Å². The second-order valence-corrected chi connectivity index (χ2v) is 7.98. The minimum Gasteiger partial charge on any atom is -0.618 e. The molecule has 27 heavy (non-hydrogen) atoms. The van der Waals surface area contributed by atoms with Crippen LogP contribution in [0.4, 0.5) is 0 Å². The van der Waals surface area contributed by atoms with Gasteiger partial charge in [0, 0.05) is 36.2 Å². The first-order valence-corrected chi connectivity index (χ1v) is 10.2. The largest absolute Gasteiger partial charge is 0.618 e. The van der Waals surface area contributed by atoms with E-state index < -0.39 is 5.54 Å². The molecule has 0 radical (unpaired) electrons. The number of benzene rings is 1. The molecule has 1 fully saturated rings. The van der Waals surface area contributed by atoms with E-state index in [1.165, 1.54) is 11.1 Å². The Hall–Kier alpha value is -2.05. The van der Waals surface area contributed by atoms with Crippen molar-refractivity contribution in [3.8, 4) is 0 Å². The highest BCUT2D eigenvalue weighted by atomic mass is 35.5. The summed E-state index contributed by atoms with van der Waals surface area (Å²) in [5, 5.41) is 12.7. The lowest BCUT2D eigenvalue weighted by Crippen LogP contribution is -2.54. The maximum absolute atomic E-state index is 13.0. The number of aromatic nitrogens is 1. The quantitative estimate of drug-likeness (QED) is 0.434. The van der Waals surface area contributed by atoms with Crippen molar-refractivity contribution >= 4 is 35.1 Å². The van der Waals surface area contributed by atoms with E-state index >= 15 is 0 Å². The highest BCUT2D eigenvalue weighted by Gasteiger charge is 2.47. The van der Waals surface area contributed by atoms with Gasteiger partial charge in [0.15, 0.2) is 12.0 Å². The minimum absolute atomic E-state index is 0.0151. The van der Waals surface area contributed by atoms with Crippen LogP contribution in [-0.4, -0.2) is 29.4 Å². The Morgan fingerprint density at radius 2 is 2.00 bits per heavy atom. The molecule has 1 aromatic heterocycles. The summed E-state index contributed by atoms with van der Waals surface area (Å²) in [6, 6.07) is 12.3. The van der Waals surface area contributed by atoms with Gasteiger partial charge in [-0.2, -0.15) is 4.73 Å². The summed E-state index contributed by atoms with van der Waals surface area (Å²) in [4.78, 5) is 27.5.